The van der Waals surface area contributed by atoms with Crippen molar-refractivity contribution < 1.29 is 14.8 Å². The quantitative estimate of drug-likeness (QED) is 0.443. The van der Waals surface area contributed by atoms with E-state index in [0.717, 1.165) is 12.1 Å². The molecule has 0 aliphatic rings. The van der Waals surface area contributed by atoms with Crippen LogP contribution in [0, 0.1) is 10.1 Å². The van der Waals surface area contributed by atoms with E-state index >= 15 is 0 Å². The van der Waals surface area contributed by atoms with Crippen molar-refractivity contribution in [2.45, 2.75) is 0 Å². The molecular formula is C7H5ClN2O4. The number of halogens is 1. The number of nitrogens with two attached hydrogens (primary N) is 1. The van der Waals surface area contributed by atoms with Gasteiger partial charge in [-0.15, -0.1) is 0 Å². The lowest BCUT2D eigenvalue weighted by atomic mass is 10.1. The van der Waals surface area contributed by atoms with Crippen LogP contribution in [0.2, 0.25) is 5.02 Å². The van der Waals surface area contributed by atoms with Crippen LogP contribution < -0.4 is 5.73 Å². The lowest BCUT2D eigenvalue weighted by Gasteiger charge is -2.02. The Labute approximate surface area is 83.0 Å². The SMILES string of the molecule is Nc1c(Cl)cc([N+](=O)[O-])cc1C(=O)O. The molecule has 1 rings (SSSR count). The molecule has 0 spiro atoms. The summed E-state index contributed by atoms with van der Waals surface area (Å²) in [7, 11) is 0. The summed E-state index contributed by atoms with van der Waals surface area (Å²) in [6.07, 6.45) is 0. The van der Waals surface area contributed by atoms with E-state index in [4.69, 9.17) is 22.4 Å². The summed E-state index contributed by atoms with van der Waals surface area (Å²) >= 11 is 5.51. The van der Waals surface area contributed by atoms with Gasteiger partial charge in [0.15, 0.2) is 0 Å². The van der Waals surface area contributed by atoms with E-state index in [0.29, 0.717) is 0 Å². The predicted octanol–water partition coefficient (Wildman–Crippen LogP) is 1.53. The maximum atomic E-state index is 10.6. The molecule has 6 nitrogen and oxygen atoms in total. The molecular weight excluding hydrogens is 212 g/mol. The number of carbonyl (C=O) groups is 1. The summed E-state index contributed by atoms with van der Waals surface area (Å²) in [4.78, 5) is 20.2. The van der Waals surface area contributed by atoms with E-state index in [1.165, 1.54) is 0 Å². The van der Waals surface area contributed by atoms with Gasteiger partial charge in [0.25, 0.3) is 5.69 Å². The zero-order chi connectivity index (χ0) is 10.9. The number of nitrogen functional groups attached to an aromatic ring is 1. The first-order chi connectivity index (χ1) is 6.43. The Morgan fingerprint density at radius 3 is 2.57 bits per heavy atom. The summed E-state index contributed by atoms with van der Waals surface area (Å²) in [5, 5.41) is 18.8. The average Bonchev–Trinajstić information content (AvgIpc) is 2.08. The number of hydrogen-bond acceptors (Lipinski definition) is 4. The van der Waals surface area contributed by atoms with Crippen molar-refractivity contribution in [1.82, 2.24) is 0 Å². The Morgan fingerprint density at radius 2 is 2.14 bits per heavy atom. The van der Waals surface area contributed by atoms with E-state index in [9.17, 15) is 14.9 Å². The van der Waals surface area contributed by atoms with Gasteiger partial charge in [0, 0.05) is 12.1 Å². The number of carboxylic acid groups (broad SMARTS) is 1. The molecule has 0 saturated carbocycles. The van der Waals surface area contributed by atoms with Crippen LogP contribution in [0.25, 0.3) is 0 Å². The number of aromatic carboxylic acids is 1. The monoisotopic (exact) mass is 216 g/mol. The fourth-order valence-corrected chi connectivity index (χ4v) is 1.10. The molecule has 74 valence electrons. The fraction of sp³-hybridized carbons (Fsp3) is 0. The zero-order valence-corrected chi connectivity index (χ0v) is 7.49. The Hall–Kier alpha value is -1.82. The van der Waals surface area contributed by atoms with Crippen molar-refractivity contribution in [1.29, 1.82) is 0 Å². The van der Waals surface area contributed by atoms with Gasteiger partial charge in [0.2, 0.25) is 0 Å². The molecule has 14 heavy (non-hydrogen) atoms. The molecule has 0 saturated heterocycles. The third kappa shape index (κ3) is 1.74. The summed E-state index contributed by atoms with van der Waals surface area (Å²) in [6, 6.07) is 1.87. The second-order valence-electron chi connectivity index (χ2n) is 2.45. The van der Waals surface area contributed by atoms with Gasteiger partial charge in [0.1, 0.15) is 0 Å². The van der Waals surface area contributed by atoms with Crippen molar-refractivity contribution in [3.8, 4) is 0 Å². The summed E-state index contributed by atoms with van der Waals surface area (Å²) in [5.41, 5.74) is 4.37. The number of nitrogens with zero attached hydrogens (tertiary/aromatic N) is 1. The lowest BCUT2D eigenvalue weighted by Crippen LogP contribution is -2.04. The van der Waals surface area contributed by atoms with Crippen LogP contribution in [0.3, 0.4) is 0 Å². The van der Waals surface area contributed by atoms with Gasteiger partial charge in [-0.25, -0.2) is 4.79 Å². The zero-order valence-electron chi connectivity index (χ0n) is 6.73. The summed E-state index contributed by atoms with van der Waals surface area (Å²) in [6.45, 7) is 0. The minimum Gasteiger partial charge on any atom is -0.478 e. The average molecular weight is 217 g/mol. The minimum atomic E-state index is -1.35. The van der Waals surface area contributed by atoms with E-state index in [2.05, 4.69) is 0 Å². The van der Waals surface area contributed by atoms with Crippen LogP contribution in [-0.4, -0.2) is 16.0 Å². The normalized spacial score (nSPS) is 9.79. The number of benzene rings is 1. The third-order valence-electron chi connectivity index (χ3n) is 1.56. The van der Waals surface area contributed by atoms with Crippen LogP contribution in [0.15, 0.2) is 12.1 Å². The van der Waals surface area contributed by atoms with E-state index in [-0.39, 0.29) is 16.3 Å². The molecule has 0 radical (unpaired) electrons. The number of rotatable bonds is 2. The molecule has 0 atom stereocenters. The predicted molar refractivity (Wildman–Crippen MR) is 49.5 cm³/mol. The van der Waals surface area contributed by atoms with Crippen LogP contribution in [0.1, 0.15) is 10.4 Å². The van der Waals surface area contributed by atoms with Gasteiger partial charge in [-0.3, -0.25) is 10.1 Å². The first-order valence-electron chi connectivity index (χ1n) is 3.40. The number of hydrogen-bond donors (Lipinski definition) is 2. The van der Waals surface area contributed by atoms with Crippen molar-refractivity contribution in [3.05, 3.63) is 32.8 Å². The molecule has 1 aromatic carbocycles. The molecule has 7 heteroatoms. The van der Waals surface area contributed by atoms with E-state index < -0.39 is 16.6 Å². The highest BCUT2D eigenvalue weighted by Gasteiger charge is 2.17. The second-order valence-corrected chi connectivity index (χ2v) is 2.86. The molecule has 0 aromatic heterocycles. The standard InChI is InChI=1S/C7H5ClN2O4/c8-5-2-3(10(13)14)1-4(6(5)9)7(11)12/h1-2H,9H2,(H,11,12). The third-order valence-corrected chi connectivity index (χ3v) is 1.87. The van der Waals surface area contributed by atoms with Crippen molar-refractivity contribution >= 4 is 28.9 Å². The summed E-state index contributed by atoms with van der Waals surface area (Å²) < 4.78 is 0. The Kier molecular flexibility index (Phi) is 2.57. The van der Waals surface area contributed by atoms with Gasteiger partial charge in [-0.2, -0.15) is 0 Å². The largest absolute Gasteiger partial charge is 0.478 e. The Morgan fingerprint density at radius 1 is 1.57 bits per heavy atom. The van der Waals surface area contributed by atoms with Crippen molar-refractivity contribution in [3.63, 3.8) is 0 Å². The topological polar surface area (TPSA) is 106 Å². The maximum absolute atomic E-state index is 10.6. The molecule has 3 N–H and O–H groups in total. The van der Waals surface area contributed by atoms with Crippen LogP contribution in [-0.2, 0) is 0 Å². The highest BCUT2D eigenvalue weighted by Crippen LogP contribution is 2.28. The Balaban J connectivity index is 3.43. The molecule has 0 aliphatic carbocycles. The number of carboxylic acids is 1. The molecule has 0 heterocycles. The molecule has 0 bridgehead atoms. The highest BCUT2D eigenvalue weighted by molar-refractivity contribution is 6.34. The Bertz CT molecular complexity index is 418. The molecule has 0 unspecified atom stereocenters. The van der Waals surface area contributed by atoms with E-state index in [1.807, 2.05) is 0 Å². The van der Waals surface area contributed by atoms with Crippen LogP contribution >= 0.6 is 11.6 Å². The minimum absolute atomic E-state index is 0.142. The lowest BCUT2D eigenvalue weighted by molar-refractivity contribution is -0.384. The van der Waals surface area contributed by atoms with Gasteiger partial charge in [0.05, 0.1) is 21.2 Å². The van der Waals surface area contributed by atoms with Gasteiger partial charge in [-0.05, 0) is 0 Å². The molecule has 0 aliphatic heterocycles. The smallest absolute Gasteiger partial charge is 0.338 e. The van der Waals surface area contributed by atoms with Gasteiger partial charge in [-0.1, -0.05) is 11.6 Å². The summed E-state index contributed by atoms with van der Waals surface area (Å²) in [5.74, 6) is -1.35. The molecule has 0 amide bonds. The first-order valence-corrected chi connectivity index (χ1v) is 3.78. The van der Waals surface area contributed by atoms with Crippen molar-refractivity contribution in [2.24, 2.45) is 0 Å². The first kappa shape index (κ1) is 10.3. The number of non-ortho nitro benzene ring substituents is 1. The number of nitro groups is 1. The second kappa shape index (κ2) is 3.51. The molecule has 1 aromatic rings. The number of nitro benzene ring substituents is 1. The van der Waals surface area contributed by atoms with E-state index in [1.54, 1.807) is 0 Å². The maximum Gasteiger partial charge on any atom is 0.338 e. The fourth-order valence-electron chi connectivity index (χ4n) is 0.886. The van der Waals surface area contributed by atoms with Gasteiger partial charge < -0.3 is 10.8 Å². The molecule has 0 fully saturated rings. The number of anilines is 1. The van der Waals surface area contributed by atoms with Crippen molar-refractivity contribution in [2.75, 3.05) is 5.73 Å². The van der Waals surface area contributed by atoms with Crippen LogP contribution in [0.5, 0.6) is 0 Å². The van der Waals surface area contributed by atoms with Crippen LogP contribution in [0.4, 0.5) is 11.4 Å². The highest BCUT2D eigenvalue weighted by atomic mass is 35.5. The van der Waals surface area contributed by atoms with Gasteiger partial charge >= 0.3 is 5.97 Å².